The van der Waals surface area contributed by atoms with E-state index in [4.69, 9.17) is 12.8 Å². The summed E-state index contributed by atoms with van der Waals surface area (Å²) >= 11 is 2.97. The number of ether oxygens (including phenoxy) is 1. The van der Waals surface area contributed by atoms with E-state index in [1.165, 1.54) is 11.3 Å². The van der Waals surface area contributed by atoms with Crippen molar-refractivity contribution in [2.75, 3.05) is 31.2 Å². The highest BCUT2D eigenvalue weighted by Crippen LogP contribution is 2.37. The van der Waals surface area contributed by atoms with Gasteiger partial charge < -0.3 is 12.7 Å². The molecule has 0 radical (unpaired) electrons. The number of carbonyl (C=O) groups is 1. The highest BCUT2D eigenvalue weighted by molar-refractivity contribution is 14.1. The first-order chi connectivity index (χ1) is 14.7. The monoisotopic (exact) mass is 533 g/mol. The zero-order valence-electron chi connectivity index (χ0n) is 15.7. The number of pyridine rings is 2. The van der Waals surface area contributed by atoms with Gasteiger partial charge in [-0.25, -0.2) is 9.78 Å². The van der Waals surface area contributed by atoms with E-state index in [0.29, 0.717) is 18.1 Å². The number of aromatic nitrogens is 4. The molecule has 1 N–H and O–H groups in total. The molecule has 0 aliphatic carbocycles. The standard InChI is InChI=1S/C20H16IN5O3S/c21-29-20(27)16-9-12(11-30-16)14-10-17(26-5-7-28-8-6-26)24-18-13(14)1-3-22-19(18)15-2-4-23-25-15/h1-4,9-11H,5-8H2,(H,23,25). The maximum absolute atomic E-state index is 12.0. The van der Waals surface area contributed by atoms with Crippen molar-refractivity contribution in [2.24, 2.45) is 0 Å². The number of H-pyrrole nitrogens is 1. The van der Waals surface area contributed by atoms with E-state index in [1.807, 2.05) is 23.6 Å². The molecule has 4 aromatic heterocycles. The molecule has 152 valence electrons. The lowest BCUT2D eigenvalue weighted by Gasteiger charge is -2.28. The molecule has 0 amide bonds. The average molecular weight is 533 g/mol. The largest absolute Gasteiger partial charge is 0.390 e. The lowest BCUT2D eigenvalue weighted by Crippen LogP contribution is -2.36. The van der Waals surface area contributed by atoms with Crippen LogP contribution >= 0.6 is 34.3 Å². The molecule has 1 aliphatic rings. The van der Waals surface area contributed by atoms with Crippen molar-refractivity contribution in [3.8, 4) is 22.5 Å². The number of nitrogens with one attached hydrogen (secondary N) is 1. The molecule has 0 saturated carbocycles. The number of carbonyl (C=O) groups excluding carboxylic acids is 1. The summed E-state index contributed by atoms with van der Waals surface area (Å²) in [7, 11) is 0. The molecule has 1 saturated heterocycles. The van der Waals surface area contributed by atoms with Gasteiger partial charge in [-0.1, -0.05) is 0 Å². The van der Waals surface area contributed by atoms with Gasteiger partial charge in [-0.2, -0.15) is 5.10 Å². The number of thiophene rings is 1. The normalized spacial score (nSPS) is 14.2. The van der Waals surface area contributed by atoms with Gasteiger partial charge in [0, 0.05) is 30.9 Å². The number of fused-ring (bicyclic) bond motifs is 1. The Hall–Kier alpha value is -2.57. The molecule has 30 heavy (non-hydrogen) atoms. The smallest absolute Gasteiger partial charge is 0.357 e. The first kappa shape index (κ1) is 19.4. The molecule has 10 heteroatoms. The number of morpholine rings is 1. The lowest BCUT2D eigenvalue weighted by atomic mass is 10.0. The Kier molecular flexibility index (Phi) is 5.35. The summed E-state index contributed by atoms with van der Waals surface area (Å²) in [5, 5.41) is 9.97. The number of halogens is 1. The van der Waals surface area contributed by atoms with Crippen LogP contribution in [-0.4, -0.2) is 52.4 Å². The van der Waals surface area contributed by atoms with Crippen LogP contribution in [0.2, 0.25) is 0 Å². The van der Waals surface area contributed by atoms with Crippen LogP contribution in [0.5, 0.6) is 0 Å². The fourth-order valence-corrected chi connectivity index (χ4v) is 4.71. The van der Waals surface area contributed by atoms with Crippen molar-refractivity contribution >= 4 is 57.0 Å². The molecule has 0 atom stereocenters. The third-order valence-electron chi connectivity index (χ3n) is 4.99. The second kappa shape index (κ2) is 8.28. The maximum atomic E-state index is 12.0. The van der Waals surface area contributed by atoms with Crippen LogP contribution in [0.1, 0.15) is 9.67 Å². The van der Waals surface area contributed by atoms with Crippen LogP contribution in [0.4, 0.5) is 5.82 Å². The van der Waals surface area contributed by atoms with Gasteiger partial charge in [-0.3, -0.25) is 10.1 Å². The van der Waals surface area contributed by atoms with Gasteiger partial charge in [-0.05, 0) is 40.8 Å². The number of hydrogen-bond acceptors (Lipinski definition) is 8. The van der Waals surface area contributed by atoms with Gasteiger partial charge in [0.15, 0.2) is 23.0 Å². The molecular formula is C20H16IN5O3S. The molecule has 1 fully saturated rings. The van der Waals surface area contributed by atoms with Crippen molar-refractivity contribution in [3.63, 3.8) is 0 Å². The van der Waals surface area contributed by atoms with Gasteiger partial charge in [0.05, 0.1) is 18.9 Å². The van der Waals surface area contributed by atoms with Gasteiger partial charge in [0.25, 0.3) is 0 Å². The molecule has 0 unspecified atom stereocenters. The summed E-state index contributed by atoms with van der Waals surface area (Å²) in [5.41, 5.74) is 4.26. The predicted octanol–water partition coefficient (Wildman–Crippen LogP) is 4.09. The van der Waals surface area contributed by atoms with Crippen LogP contribution in [0.3, 0.4) is 0 Å². The first-order valence-electron chi connectivity index (χ1n) is 9.28. The summed E-state index contributed by atoms with van der Waals surface area (Å²) in [5.74, 6) is 0.511. The second-order valence-electron chi connectivity index (χ2n) is 6.72. The maximum Gasteiger partial charge on any atom is 0.357 e. The van der Waals surface area contributed by atoms with Gasteiger partial charge >= 0.3 is 5.97 Å². The molecule has 8 nitrogen and oxygen atoms in total. The highest BCUT2D eigenvalue weighted by atomic mass is 127. The minimum atomic E-state index is -0.349. The van der Waals surface area contributed by atoms with E-state index in [2.05, 4.69) is 26.1 Å². The van der Waals surface area contributed by atoms with Crippen molar-refractivity contribution in [1.82, 2.24) is 20.2 Å². The second-order valence-corrected chi connectivity index (χ2v) is 8.07. The van der Waals surface area contributed by atoms with E-state index in [1.54, 1.807) is 35.4 Å². The van der Waals surface area contributed by atoms with Crippen molar-refractivity contribution < 1.29 is 12.6 Å². The number of aromatic amines is 1. The Morgan fingerprint density at radius 3 is 2.87 bits per heavy atom. The molecule has 4 aromatic rings. The minimum Gasteiger partial charge on any atom is -0.390 e. The Labute approximate surface area is 189 Å². The lowest BCUT2D eigenvalue weighted by molar-refractivity contribution is 0.0805. The van der Waals surface area contributed by atoms with Crippen LogP contribution < -0.4 is 4.90 Å². The fourth-order valence-electron chi connectivity index (χ4n) is 3.54. The van der Waals surface area contributed by atoms with Crippen LogP contribution in [-0.2, 0) is 7.80 Å². The van der Waals surface area contributed by atoms with Crippen molar-refractivity contribution in [3.05, 3.63) is 46.9 Å². The Morgan fingerprint density at radius 2 is 2.10 bits per heavy atom. The third-order valence-corrected chi connectivity index (χ3v) is 6.30. The number of anilines is 1. The van der Waals surface area contributed by atoms with Crippen molar-refractivity contribution in [2.45, 2.75) is 0 Å². The first-order valence-corrected chi connectivity index (χ1v) is 11.0. The van der Waals surface area contributed by atoms with Crippen LogP contribution in [0.15, 0.2) is 42.0 Å². The van der Waals surface area contributed by atoms with E-state index in [-0.39, 0.29) is 5.97 Å². The molecule has 5 heterocycles. The number of rotatable bonds is 4. The highest BCUT2D eigenvalue weighted by Gasteiger charge is 2.20. The van der Waals surface area contributed by atoms with Crippen LogP contribution in [0, 0.1) is 0 Å². The predicted molar refractivity (Wildman–Crippen MR) is 123 cm³/mol. The van der Waals surface area contributed by atoms with Gasteiger partial charge in [0.1, 0.15) is 21.9 Å². The molecule has 1 aliphatic heterocycles. The SMILES string of the molecule is O=C(OI)c1cc(-c2cc(N3CCOCC3)nc3c(-c4ccn[nH]4)nccc23)cs1. The Balaban J connectivity index is 1.73. The molecular weight excluding hydrogens is 517 g/mol. The molecule has 5 rings (SSSR count). The zero-order chi connectivity index (χ0) is 20.5. The van der Waals surface area contributed by atoms with E-state index < -0.39 is 0 Å². The molecule has 0 aromatic carbocycles. The molecule has 0 spiro atoms. The minimum absolute atomic E-state index is 0.349. The third kappa shape index (κ3) is 3.55. The zero-order valence-corrected chi connectivity index (χ0v) is 18.6. The quantitative estimate of drug-likeness (QED) is 0.395. The summed E-state index contributed by atoms with van der Waals surface area (Å²) in [6.07, 6.45) is 3.47. The summed E-state index contributed by atoms with van der Waals surface area (Å²) in [6, 6.07) is 7.77. The Morgan fingerprint density at radius 1 is 1.23 bits per heavy atom. The summed E-state index contributed by atoms with van der Waals surface area (Å²) in [6.45, 7) is 2.88. The van der Waals surface area contributed by atoms with E-state index in [9.17, 15) is 4.79 Å². The van der Waals surface area contributed by atoms with E-state index >= 15 is 0 Å². The van der Waals surface area contributed by atoms with Crippen molar-refractivity contribution in [1.29, 1.82) is 0 Å². The fraction of sp³-hybridized carbons (Fsp3) is 0.200. The van der Waals surface area contributed by atoms with Gasteiger partial charge in [0.2, 0.25) is 0 Å². The summed E-state index contributed by atoms with van der Waals surface area (Å²) < 4.78 is 10.3. The summed E-state index contributed by atoms with van der Waals surface area (Å²) in [4.78, 5) is 24.3. The number of hydrogen-bond donors (Lipinski definition) is 1. The Bertz CT molecular complexity index is 1200. The van der Waals surface area contributed by atoms with E-state index in [0.717, 1.165) is 52.3 Å². The van der Waals surface area contributed by atoms with Crippen LogP contribution in [0.25, 0.3) is 33.4 Å². The van der Waals surface area contributed by atoms with Gasteiger partial charge in [-0.15, -0.1) is 11.3 Å². The molecule has 0 bridgehead atoms. The topological polar surface area (TPSA) is 93.2 Å². The average Bonchev–Trinajstić information content (AvgIpc) is 3.50. The number of nitrogens with zero attached hydrogens (tertiary/aromatic N) is 4.